The number of fused-ring (bicyclic) bond motifs is 2. The van der Waals surface area contributed by atoms with E-state index in [1.165, 1.54) is 32.9 Å². The summed E-state index contributed by atoms with van der Waals surface area (Å²) < 4.78 is 29.1. The molecule has 2 bridgehead atoms. The Morgan fingerprint density at radius 1 is 1.07 bits per heavy atom. The molecule has 2 saturated heterocycles. The Bertz CT molecular complexity index is 965. The van der Waals surface area contributed by atoms with Crippen LogP contribution in [0.1, 0.15) is 86.5 Å². The Morgan fingerprint density at radius 3 is 2.29 bits per heavy atom. The predicted molar refractivity (Wildman–Crippen MR) is 169 cm³/mol. The molecule has 45 heavy (non-hydrogen) atoms. The molecule has 0 aromatic rings. The van der Waals surface area contributed by atoms with Gasteiger partial charge < -0.3 is 44.3 Å². The van der Waals surface area contributed by atoms with Crippen LogP contribution in [0.4, 0.5) is 0 Å². The van der Waals surface area contributed by atoms with E-state index < -0.39 is 90.2 Å². The predicted octanol–water partition coefficient (Wildman–Crippen LogP) is 2.58. The highest BCUT2D eigenvalue weighted by molar-refractivity contribution is 7.98. The van der Waals surface area contributed by atoms with Crippen molar-refractivity contribution in [3.05, 3.63) is 0 Å². The average molecular weight is 664 g/mol. The van der Waals surface area contributed by atoms with Gasteiger partial charge in [-0.05, 0) is 37.7 Å². The molecule has 1 amide bonds. The SMILES string of the molecule is CCCC1OC(=O)C(CC(C)C)NC(=O)C(CCSC)OC(=O)CC(OC)C(C)C2CC(OC)C(C)(O)C(O)(CC(O)C1C)O2. The third-order valence-corrected chi connectivity index (χ3v) is 9.96. The van der Waals surface area contributed by atoms with Gasteiger partial charge in [-0.15, -0.1) is 0 Å². The summed E-state index contributed by atoms with van der Waals surface area (Å²) in [4.78, 5) is 40.3. The Kier molecular flexibility index (Phi) is 15.5. The number of hydrogen-bond donors (Lipinski definition) is 4. The summed E-state index contributed by atoms with van der Waals surface area (Å²) >= 11 is 1.49. The van der Waals surface area contributed by atoms with Gasteiger partial charge in [0.15, 0.2) is 11.9 Å². The largest absolute Gasteiger partial charge is 0.460 e. The molecule has 0 radical (unpaired) electrons. The highest BCUT2D eigenvalue weighted by Gasteiger charge is 2.59. The first-order chi connectivity index (χ1) is 21.0. The summed E-state index contributed by atoms with van der Waals surface area (Å²) in [6, 6.07) is -1.02. The minimum atomic E-state index is -2.26. The molecule has 0 aromatic carbocycles. The van der Waals surface area contributed by atoms with Crippen molar-refractivity contribution in [1.29, 1.82) is 0 Å². The maximum absolute atomic E-state index is 13.6. The Labute approximate surface area is 272 Å². The van der Waals surface area contributed by atoms with E-state index >= 15 is 0 Å². The van der Waals surface area contributed by atoms with E-state index in [0.29, 0.717) is 18.6 Å². The first-order valence-corrected chi connectivity index (χ1v) is 17.5. The molecule has 0 aromatic heterocycles. The van der Waals surface area contributed by atoms with Crippen LogP contribution in [0.2, 0.25) is 0 Å². The molecule has 11 unspecified atom stereocenters. The van der Waals surface area contributed by atoms with Gasteiger partial charge in [0.05, 0.1) is 30.8 Å². The fourth-order valence-corrected chi connectivity index (χ4v) is 6.64. The zero-order valence-electron chi connectivity index (χ0n) is 28.4. The van der Waals surface area contributed by atoms with Crippen molar-refractivity contribution >= 4 is 29.6 Å². The van der Waals surface area contributed by atoms with Crippen LogP contribution in [0, 0.1) is 17.8 Å². The summed E-state index contributed by atoms with van der Waals surface area (Å²) in [5.74, 6) is -4.81. The second-order valence-electron chi connectivity index (χ2n) is 13.2. The first kappa shape index (κ1) is 39.7. The molecule has 2 rings (SSSR count). The number of esters is 2. The van der Waals surface area contributed by atoms with E-state index in [9.17, 15) is 29.7 Å². The van der Waals surface area contributed by atoms with Gasteiger partial charge in [-0.1, -0.05) is 41.0 Å². The molecule has 11 atom stereocenters. The van der Waals surface area contributed by atoms with E-state index in [1.807, 2.05) is 27.0 Å². The molecule has 2 aliphatic rings. The second kappa shape index (κ2) is 17.6. The van der Waals surface area contributed by atoms with Crippen LogP contribution >= 0.6 is 11.8 Å². The number of nitrogens with one attached hydrogen (secondary N) is 1. The number of thioether (sulfide) groups is 1. The number of rotatable bonds is 9. The van der Waals surface area contributed by atoms with E-state index in [0.717, 1.165) is 0 Å². The summed E-state index contributed by atoms with van der Waals surface area (Å²) in [5.41, 5.74) is -1.92. The second-order valence-corrected chi connectivity index (χ2v) is 14.2. The Hall–Kier alpha value is -1.48. The monoisotopic (exact) mass is 663 g/mol. The van der Waals surface area contributed by atoms with Crippen LogP contribution in [0.25, 0.3) is 0 Å². The third kappa shape index (κ3) is 10.3. The van der Waals surface area contributed by atoms with Crippen molar-refractivity contribution in [2.45, 2.75) is 141 Å². The van der Waals surface area contributed by atoms with Gasteiger partial charge in [0.2, 0.25) is 0 Å². The molecule has 262 valence electrons. The van der Waals surface area contributed by atoms with Crippen LogP contribution in [0.3, 0.4) is 0 Å². The van der Waals surface area contributed by atoms with Gasteiger partial charge in [0.25, 0.3) is 5.91 Å². The van der Waals surface area contributed by atoms with Crippen molar-refractivity contribution in [2.75, 3.05) is 26.2 Å². The fraction of sp³-hybridized carbons (Fsp3) is 0.906. The maximum Gasteiger partial charge on any atom is 0.328 e. The van der Waals surface area contributed by atoms with Crippen LogP contribution in [-0.2, 0) is 38.1 Å². The summed E-state index contributed by atoms with van der Waals surface area (Å²) in [6.45, 7) is 10.6. The minimum absolute atomic E-state index is 0.0195. The fourth-order valence-electron chi connectivity index (χ4n) is 6.19. The standard InChI is InChI=1S/C32H57NO11S/c1-10-11-23-19(4)22(34)17-32(39)31(6,38)27(41-8)15-26(44-32)20(5)25(40-7)16-28(35)42-24(12-13-45-9)29(36)33-21(14-18(2)3)30(37)43-23/h18-27,34,38-39H,10-17H2,1-9H3,(H,33,36). The number of carbonyl (C=O) groups excluding carboxylic acids is 3. The van der Waals surface area contributed by atoms with E-state index in [4.69, 9.17) is 23.7 Å². The number of carbonyl (C=O) groups is 3. The van der Waals surface area contributed by atoms with Crippen LogP contribution in [-0.4, -0.2) is 113 Å². The summed E-state index contributed by atoms with van der Waals surface area (Å²) in [6.07, 6.45) is -2.59. The molecule has 13 heteroatoms. The number of methoxy groups -OCH3 is 2. The highest BCUT2D eigenvalue weighted by atomic mass is 32.2. The van der Waals surface area contributed by atoms with E-state index in [2.05, 4.69) is 5.32 Å². The lowest BCUT2D eigenvalue weighted by Crippen LogP contribution is -2.68. The zero-order valence-corrected chi connectivity index (χ0v) is 29.3. The highest BCUT2D eigenvalue weighted by Crippen LogP contribution is 2.44. The number of cyclic esters (lactones) is 2. The number of hydrogen-bond acceptors (Lipinski definition) is 12. The molecule has 2 fully saturated rings. The molecule has 0 spiro atoms. The first-order valence-electron chi connectivity index (χ1n) is 16.1. The molecule has 12 nitrogen and oxygen atoms in total. The molecule has 0 aliphatic carbocycles. The molecular formula is C32H57NO11S. The number of aliphatic hydroxyl groups is 3. The summed E-state index contributed by atoms with van der Waals surface area (Å²) in [7, 11) is 2.86. The van der Waals surface area contributed by atoms with Gasteiger partial charge in [-0.3, -0.25) is 9.59 Å². The summed E-state index contributed by atoms with van der Waals surface area (Å²) in [5, 5.41) is 37.6. The van der Waals surface area contributed by atoms with Crippen LogP contribution in [0.5, 0.6) is 0 Å². The molecule has 0 saturated carbocycles. The topological polar surface area (TPSA) is 170 Å². The molecule has 2 aliphatic heterocycles. The van der Waals surface area contributed by atoms with Crippen molar-refractivity contribution < 1.29 is 53.4 Å². The normalized spacial score (nSPS) is 39.4. The lowest BCUT2D eigenvalue weighted by atomic mass is 9.75. The maximum atomic E-state index is 13.6. The smallest absolute Gasteiger partial charge is 0.328 e. The van der Waals surface area contributed by atoms with Crippen LogP contribution < -0.4 is 5.32 Å². The van der Waals surface area contributed by atoms with Gasteiger partial charge in [0.1, 0.15) is 17.7 Å². The Morgan fingerprint density at radius 2 is 1.73 bits per heavy atom. The third-order valence-electron chi connectivity index (χ3n) is 9.32. The van der Waals surface area contributed by atoms with Crippen molar-refractivity contribution in [3.63, 3.8) is 0 Å². The number of amides is 1. The van der Waals surface area contributed by atoms with Gasteiger partial charge in [-0.2, -0.15) is 11.8 Å². The lowest BCUT2D eigenvalue weighted by Gasteiger charge is -2.53. The molecule has 2 heterocycles. The van der Waals surface area contributed by atoms with E-state index in [1.54, 1.807) is 13.8 Å². The van der Waals surface area contributed by atoms with Crippen molar-refractivity contribution in [3.8, 4) is 0 Å². The van der Waals surface area contributed by atoms with Crippen molar-refractivity contribution in [1.82, 2.24) is 5.32 Å². The van der Waals surface area contributed by atoms with Gasteiger partial charge >= 0.3 is 11.9 Å². The van der Waals surface area contributed by atoms with Gasteiger partial charge in [0, 0.05) is 45.3 Å². The molecule has 4 N–H and O–H groups in total. The molecular weight excluding hydrogens is 606 g/mol. The van der Waals surface area contributed by atoms with Gasteiger partial charge in [-0.25, -0.2) is 4.79 Å². The minimum Gasteiger partial charge on any atom is -0.460 e. The average Bonchev–Trinajstić information content (AvgIpc) is 2.97. The van der Waals surface area contributed by atoms with E-state index in [-0.39, 0.29) is 31.6 Å². The Balaban J connectivity index is 2.60. The van der Waals surface area contributed by atoms with Crippen LogP contribution in [0.15, 0.2) is 0 Å². The number of aliphatic hydroxyl groups excluding tert-OH is 1. The lowest BCUT2D eigenvalue weighted by molar-refractivity contribution is -0.377. The quantitative estimate of drug-likeness (QED) is 0.267. The number of ether oxygens (including phenoxy) is 5. The van der Waals surface area contributed by atoms with Crippen molar-refractivity contribution in [2.24, 2.45) is 17.8 Å². The zero-order chi connectivity index (χ0) is 34.1.